The van der Waals surface area contributed by atoms with Gasteiger partial charge in [0.05, 0.1) is 23.4 Å². The zero-order valence-corrected chi connectivity index (χ0v) is 29.2. The summed E-state index contributed by atoms with van der Waals surface area (Å²) in [5, 5.41) is 6.61. The smallest absolute Gasteiger partial charge is 0.326 e. The molecule has 0 radical (unpaired) electrons. The van der Waals surface area contributed by atoms with E-state index in [1.807, 2.05) is 6.92 Å². The number of benzene rings is 4. The lowest BCUT2D eigenvalue weighted by Crippen LogP contribution is -2.32. The molecule has 0 fully saturated rings. The second-order valence-corrected chi connectivity index (χ2v) is 13.5. The van der Waals surface area contributed by atoms with E-state index < -0.39 is 90.8 Å². The van der Waals surface area contributed by atoms with Crippen molar-refractivity contribution in [1.29, 1.82) is 0 Å². The predicted molar refractivity (Wildman–Crippen MR) is 182 cm³/mol. The Kier molecular flexibility index (Phi) is 11.4. The number of amides is 2. The molecule has 0 bridgehead atoms. The van der Waals surface area contributed by atoms with Crippen molar-refractivity contribution in [3.05, 3.63) is 129 Å². The average Bonchev–Trinajstić information content (AvgIpc) is 3.41. The van der Waals surface area contributed by atoms with E-state index in [-0.39, 0.29) is 35.5 Å². The number of carbonyl (C=O) groups excluding carboxylic acids is 2. The van der Waals surface area contributed by atoms with Crippen LogP contribution in [0.4, 0.5) is 36.4 Å². The fourth-order valence-corrected chi connectivity index (χ4v) is 6.72. The molecule has 0 atom stereocenters. The van der Waals surface area contributed by atoms with Crippen molar-refractivity contribution < 1.29 is 48.7 Å². The van der Waals surface area contributed by atoms with Gasteiger partial charge in [0.15, 0.2) is 0 Å². The molecule has 0 aliphatic carbocycles. The van der Waals surface area contributed by atoms with Crippen LogP contribution in [0.2, 0.25) is 0 Å². The van der Waals surface area contributed by atoms with Crippen LogP contribution in [-0.4, -0.2) is 34.6 Å². The highest BCUT2D eigenvalue weighted by Crippen LogP contribution is 2.35. The first-order chi connectivity index (χ1) is 25.4. The molecular formula is C36H30F7N5O5S. The topological polar surface area (TPSA) is 132 Å². The van der Waals surface area contributed by atoms with Crippen LogP contribution in [0, 0.1) is 23.3 Å². The summed E-state index contributed by atoms with van der Waals surface area (Å²) in [4.78, 5) is 37.2. The van der Waals surface area contributed by atoms with Gasteiger partial charge in [0.25, 0.3) is 15.9 Å². The maximum absolute atomic E-state index is 15.8. The van der Waals surface area contributed by atoms with Gasteiger partial charge in [-0.1, -0.05) is 44.5 Å². The number of sulfonamides is 1. The lowest BCUT2D eigenvalue weighted by Gasteiger charge is -2.14. The normalized spacial score (nSPS) is 11.8. The number of nitrogens with one attached hydrogen (secondary N) is 2. The van der Waals surface area contributed by atoms with Crippen LogP contribution in [0.1, 0.15) is 60.4 Å². The van der Waals surface area contributed by atoms with E-state index in [1.54, 1.807) is 0 Å². The van der Waals surface area contributed by atoms with Crippen molar-refractivity contribution in [2.75, 3.05) is 5.32 Å². The number of carbonyl (C=O) groups is 2. The number of aromatic nitrogens is 3. The van der Waals surface area contributed by atoms with E-state index in [9.17, 15) is 44.8 Å². The summed E-state index contributed by atoms with van der Waals surface area (Å²) < 4.78 is 131. The fourth-order valence-electron chi connectivity index (χ4n) is 5.47. The molecule has 18 heteroatoms. The minimum absolute atomic E-state index is 0.0189. The second-order valence-electron chi connectivity index (χ2n) is 11.9. The van der Waals surface area contributed by atoms with Crippen molar-refractivity contribution in [3.8, 4) is 16.8 Å². The number of rotatable bonds is 12. The van der Waals surface area contributed by atoms with E-state index in [0.717, 1.165) is 47.0 Å². The van der Waals surface area contributed by atoms with Crippen LogP contribution in [0.5, 0.6) is 0 Å². The van der Waals surface area contributed by atoms with Crippen molar-refractivity contribution in [1.82, 2.24) is 19.1 Å². The van der Waals surface area contributed by atoms with E-state index in [1.165, 1.54) is 17.7 Å². The molecule has 10 nitrogen and oxygen atoms in total. The maximum atomic E-state index is 15.8. The van der Waals surface area contributed by atoms with Gasteiger partial charge < -0.3 is 5.32 Å². The molecule has 0 spiro atoms. The van der Waals surface area contributed by atoms with Gasteiger partial charge in [-0.15, -0.1) is 5.10 Å². The summed E-state index contributed by atoms with van der Waals surface area (Å²) in [5.41, 5.74) is -4.79. The highest BCUT2D eigenvalue weighted by Gasteiger charge is 2.36. The summed E-state index contributed by atoms with van der Waals surface area (Å²) in [5.74, 6) is -6.79. The van der Waals surface area contributed by atoms with Gasteiger partial charge in [-0.2, -0.15) is 17.9 Å². The minimum atomic E-state index is -5.13. The van der Waals surface area contributed by atoms with Crippen LogP contribution >= 0.6 is 0 Å². The van der Waals surface area contributed by atoms with E-state index in [4.69, 9.17) is 0 Å². The molecule has 2 N–H and O–H groups in total. The third-order valence-corrected chi connectivity index (χ3v) is 9.56. The number of aryl methyl sites for hydroxylation is 1. The van der Waals surface area contributed by atoms with Crippen LogP contribution in [0.15, 0.2) is 82.5 Å². The number of alkyl halides is 3. The van der Waals surface area contributed by atoms with Gasteiger partial charge in [-0.25, -0.2) is 35.5 Å². The molecule has 4 aromatic carbocycles. The summed E-state index contributed by atoms with van der Waals surface area (Å²) in [6.45, 7) is 2.82. The van der Waals surface area contributed by atoms with Gasteiger partial charge in [0.2, 0.25) is 5.91 Å². The van der Waals surface area contributed by atoms with Crippen molar-refractivity contribution >= 4 is 27.5 Å². The standard InChI is InChI=1S/C36H30F7N5O5S/c1-3-5-9-31-45-48(30-18-23(44-32(49)4-2)13-14-26(30)36(41,42)43)35(51)47(31)19-21-11-10-20(16-29(21)40)24-7-6-8-28(39)33(24)54(52,53)46-34(50)25-17-22(37)12-15-27(25)38/h6-8,10-18H,3-5,9,19H2,1-2H3,(H,44,49)(H,46,50). The van der Waals surface area contributed by atoms with Gasteiger partial charge in [0, 0.05) is 29.7 Å². The molecule has 5 aromatic rings. The number of unbranched alkanes of at least 4 members (excludes halogenated alkanes) is 1. The van der Waals surface area contributed by atoms with E-state index in [2.05, 4.69) is 10.4 Å². The molecule has 2 amide bonds. The minimum Gasteiger partial charge on any atom is -0.326 e. The lowest BCUT2D eigenvalue weighted by molar-refractivity contribution is -0.137. The number of anilines is 1. The Morgan fingerprint density at radius 3 is 2.28 bits per heavy atom. The van der Waals surface area contributed by atoms with Crippen molar-refractivity contribution in [3.63, 3.8) is 0 Å². The molecule has 0 saturated carbocycles. The van der Waals surface area contributed by atoms with Gasteiger partial charge in [-0.05, 0) is 60.5 Å². The predicted octanol–water partition coefficient (Wildman–Crippen LogP) is 7.13. The third-order valence-electron chi connectivity index (χ3n) is 8.16. The zero-order chi connectivity index (χ0) is 39.5. The van der Waals surface area contributed by atoms with Crippen LogP contribution in [0.3, 0.4) is 0 Å². The quantitative estimate of drug-likeness (QED) is 0.130. The van der Waals surface area contributed by atoms with E-state index in [0.29, 0.717) is 41.8 Å². The second kappa shape index (κ2) is 15.7. The van der Waals surface area contributed by atoms with Crippen LogP contribution in [-0.2, 0) is 34.0 Å². The number of hydrogen-bond acceptors (Lipinski definition) is 6. The maximum Gasteiger partial charge on any atom is 0.418 e. The molecule has 5 rings (SSSR count). The summed E-state index contributed by atoms with van der Waals surface area (Å²) in [6.07, 6.45) is -3.73. The molecule has 1 aromatic heterocycles. The third kappa shape index (κ3) is 8.38. The van der Waals surface area contributed by atoms with Gasteiger partial charge in [0.1, 0.15) is 34.0 Å². The number of hydrogen-bond donors (Lipinski definition) is 2. The Labute approximate surface area is 303 Å². The Bertz CT molecular complexity index is 2430. The van der Waals surface area contributed by atoms with Crippen molar-refractivity contribution in [2.24, 2.45) is 0 Å². The lowest BCUT2D eigenvalue weighted by atomic mass is 10.0. The first kappa shape index (κ1) is 39.4. The largest absolute Gasteiger partial charge is 0.418 e. The zero-order valence-electron chi connectivity index (χ0n) is 28.4. The van der Waals surface area contributed by atoms with Gasteiger partial charge in [-0.3, -0.25) is 14.2 Å². The van der Waals surface area contributed by atoms with Crippen LogP contribution < -0.4 is 15.7 Å². The fraction of sp³-hybridized carbons (Fsp3) is 0.222. The highest BCUT2D eigenvalue weighted by molar-refractivity contribution is 7.90. The molecule has 284 valence electrons. The summed E-state index contributed by atoms with van der Waals surface area (Å²) in [6, 6.07) is 10.5. The Hall–Kier alpha value is -5.78. The van der Waals surface area contributed by atoms with Crippen molar-refractivity contribution in [2.45, 2.75) is 57.1 Å². The Morgan fingerprint density at radius 1 is 0.870 bits per heavy atom. The number of halogens is 7. The number of nitrogens with zero attached hydrogens (tertiary/aromatic N) is 3. The molecule has 0 aliphatic rings. The average molecular weight is 778 g/mol. The molecule has 0 saturated heterocycles. The monoisotopic (exact) mass is 777 g/mol. The first-order valence-electron chi connectivity index (χ1n) is 16.2. The SMILES string of the molecule is CCCCc1nn(-c2cc(NC(=O)CC)ccc2C(F)(F)F)c(=O)n1Cc1ccc(-c2cccc(F)c2S(=O)(=O)NC(=O)c2cc(F)ccc2F)cc1F. The molecule has 54 heavy (non-hydrogen) atoms. The Morgan fingerprint density at radius 2 is 1.61 bits per heavy atom. The summed E-state index contributed by atoms with van der Waals surface area (Å²) in [7, 11) is -5.13. The van der Waals surface area contributed by atoms with Gasteiger partial charge >= 0.3 is 11.9 Å². The van der Waals surface area contributed by atoms with E-state index >= 15 is 8.78 Å². The Balaban J connectivity index is 1.54. The first-order valence-corrected chi connectivity index (χ1v) is 17.7. The molecule has 0 unspecified atom stereocenters. The summed E-state index contributed by atoms with van der Waals surface area (Å²) >= 11 is 0. The highest BCUT2D eigenvalue weighted by atomic mass is 32.2. The molecular weight excluding hydrogens is 747 g/mol. The molecule has 1 heterocycles. The molecule has 0 aliphatic heterocycles. The van der Waals surface area contributed by atoms with Crippen LogP contribution in [0.25, 0.3) is 16.8 Å².